The van der Waals surface area contributed by atoms with Crippen LogP contribution in [0.3, 0.4) is 0 Å². The number of thiazole rings is 1. The molecule has 0 aliphatic heterocycles. The molecule has 124 valence electrons. The van der Waals surface area contributed by atoms with E-state index < -0.39 is 4.92 Å². The fraction of sp³-hybridized carbons (Fsp3) is 0.400. The van der Waals surface area contributed by atoms with Crippen molar-refractivity contribution < 1.29 is 9.66 Å². The van der Waals surface area contributed by atoms with E-state index in [0.29, 0.717) is 17.1 Å². The van der Waals surface area contributed by atoms with E-state index in [1.165, 1.54) is 6.07 Å². The minimum Gasteiger partial charge on any atom is -0.375 e. The summed E-state index contributed by atoms with van der Waals surface area (Å²) in [7, 11) is 3.53. The first-order valence-electron chi connectivity index (χ1n) is 6.96. The molecule has 1 unspecified atom stereocenters. The highest BCUT2D eigenvalue weighted by Crippen LogP contribution is 2.33. The van der Waals surface area contributed by atoms with E-state index in [-0.39, 0.29) is 11.8 Å². The monoisotopic (exact) mass is 355 g/mol. The molecule has 0 radical (unpaired) electrons. The molecule has 6 nitrogen and oxygen atoms in total. The van der Waals surface area contributed by atoms with Gasteiger partial charge in [0.2, 0.25) is 0 Å². The van der Waals surface area contributed by atoms with E-state index in [1.807, 2.05) is 24.3 Å². The van der Waals surface area contributed by atoms with Gasteiger partial charge in [0.25, 0.3) is 5.69 Å². The van der Waals surface area contributed by atoms with E-state index in [4.69, 9.17) is 16.3 Å². The van der Waals surface area contributed by atoms with Crippen molar-refractivity contribution in [2.24, 2.45) is 0 Å². The molecule has 2 rings (SSSR count). The number of benzene rings is 1. The van der Waals surface area contributed by atoms with Crippen LogP contribution in [0.1, 0.15) is 29.3 Å². The van der Waals surface area contributed by atoms with Gasteiger partial charge in [0.1, 0.15) is 11.1 Å². The van der Waals surface area contributed by atoms with Gasteiger partial charge in [0.15, 0.2) is 0 Å². The molecule has 1 heterocycles. The summed E-state index contributed by atoms with van der Waals surface area (Å²) in [5.41, 5.74) is 2.25. The maximum Gasteiger partial charge on any atom is 0.273 e. The van der Waals surface area contributed by atoms with Gasteiger partial charge in [0, 0.05) is 31.2 Å². The predicted octanol–water partition coefficient (Wildman–Crippen LogP) is 4.36. The van der Waals surface area contributed by atoms with E-state index in [1.54, 1.807) is 31.4 Å². The lowest BCUT2D eigenvalue weighted by Gasteiger charge is -2.20. The van der Waals surface area contributed by atoms with Gasteiger partial charge in [-0.25, -0.2) is 4.98 Å². The number of nitro benzene ring substituents is 1. The van der Waals surface area contributed by atoms with Crippen LogP contribution in [0.15, 0.2) is 17.5 Å². The van der Waals surface area contributed by atoms with Crippen LogP contribution in [0.25, 0.3) is 0 Å². The van der Waals surface area contributed by atoms with E-state index in [2.05, 4.69) is 4.98 Å². The molecule has 0 saturated heterocycles. The third kappa shape index (κ3) is 3.99. The number of aryl methyl sites for hydroxylation is 1. The minimum absolute atomic E-state index is 0.0250. The lowest BCUT2D eigenvalue weighted by molar-refractivity contribution is -0.385. The Balaban J connectivity index is 2.21. The summed E-state index contributed by atoms with van der Waals surface area (Å²) in [5, 5.41) is 14.2. The molecule has 1 atom stereocenters. The van der Waals surface area contributed by atoms with Crippen molar-refractivity contribution in [3.8, 4) is 0 Å². The fourth-order valence-corrected chi connectivity index (χ4v) is 3.30. The molecule has 0 aliphatic rings. The van der Waals surface area contributed by atoms with Gasteiger partial charge in [-0.05, 0) is 19.9 Å². The zero-order valence-corrected chi connectivity index (χ0v) is 14.9. The molecule has 1 aromatic heterocycles. The number of halogens is 1. The van der Waals surface area contributed by atoms with Crippen molar-refractivity contribution in [3.63, 3.8) is 0 Å². The molecule has 0 N–H and O–H groups in total. The topological polar surface area (TPSA) is 68.5 Å². The van der Waals surface area contributed by atoms with Gasteiger partial charge in [-0.1, -0.05) is 11.6 Å². The molecule has 2 aromatic rings. The highest BCUT2D eigenvalue weighted by molar-refractivity contribution is 7.09. The molecular weight excluding hydrogens is 338 g/mol. The van der Waals surface area contributed by atoms with Crippen molar-refractivity contribution in [1.29, 1.82) is 0 Å². The number of aromatic nitrogens is 1. The Morgan fingerprint density at radius 1 is 1.52 bits per heavy atom. The number of nitro groups is 1. The van der Waals surface area contributed by atoms with Crippen molar-refractivity contribution in [3.05, 3.63) is 48.9 Å². The quantitative estimate of drug-likeness (QED) is 0.569. The first kappa shape index (κ1) is 17.7. The summed E-state index contributed by atoms with van der Waals surface area (Å²) in [5.74, 6) is 0. The number of anilines is 1. The first-order valence-corrected chi connectivity index (χ1v) is 8.22. The summed E-state index contributed by atoms with van der Waals surface area (Å²) in [4.78, 5) is 17.0. The van der Waals surface area contributed by atoms with Crippen LogP contribution in [-0.2, 0) is 11.3 Å². The lowest BCUT2D eigenvalue weighted by atomic mass is 10.1. The van der Waals surface area contributed by atoms with Gasteiger partial charge in [-0.2, -0.15) is 0 Å². The van der Waals surface area contributed by atoms with Crippen molar-refractivity contribution in [1.82, 2.24) is 4.98 Å². The predicted molar refractivity (Wildman–Crippen MR) is 92.5 cm³/mol. The molecule has 8 heteroatoms. The minimum atomic E-state index is -0.427. The van der Waals surface area contributed by atoms with Gasteiger partial charge < -0.3 is 9.64 Å². The summed E-state index contributed by atoms with van der Waals surface area (Å²) in [6, 6.07) is 3.12. The van der Waals surface area contributed by atoms with E-state index in [0.717, 1.165) is 16.4 Å². The molecule has 1 aromatic carbocycles. The lowest BCUT2D eigenvalue weighted by Crippen LogP contribution is -2.17. The standard InChI is InChI=1S/C15H18ClN3O3S/c1-9-5-14(12(16)6-13(9)19(20)21)18(3)7-11-8-23-15(17-11)10(2)22-4/h5-6,8,10H,7H2,1-4H3. The highest BCUT2D eigenvalue weighted by Gasteiger charge is 2.17. The second-order valence-electron chi connectivity index (χ2n) is 5.26. The van der Waals surface area contributed by atoms with Crippen LogP contribution < -0.4 is 4.90 Å². The number of methoxy groups -OCH3 is 1. The Bertz CT molecular complexity index is 720. The van der Waals surface area contributed by atoms with Crippen molar-refractivity contribution >= 4 is 34.3 Å². The largest absolute Gasteiger partial charge is 0.375 e. The summed E-state index contributed by atoms with van der Waals surface area (Å²) in [6.45, 7) is 4.21. The zero-order chi connectivity index (χ0) is 17.1. The first-order chi connectivity index (χ1) is 10.8. The Morgan fingerprint density at radius 2 is 2.22 bits per heavy atom. The average molecular weight is 356 g/mol. The number of nitrogens with zero attached hydrogens (tertiary/aromatic N) is 3. The van der Waals surface area contributed by atoms with Crippen LogP contribution in [0.2, 0.25) is 5.02 Å². The van der Waals surface area contributed by atoms with Crippen LogP contribution in [0.4, 0.5) is 11.4 Å². The number of hydrogen-bond acceptors (Lipinski definition) is 6. The number of ether oxygens (including phenoxy) is 1. The molecule has 0 aliphatic carbocycles. The van der Waals surface area contributed by atoms with Gasteiger partial charge >= 0.3 is 0 Å². The maximum atomic E-state index is 11.0. The normalized spacial score (nSPS) is 12.2. The Morgan fingerprint density at radius 3 is 2.83 bits per heavy atom. The number of hydrogen-bond donors (Lipinski definition) is 0. The van der Waals surface area contributed by atoms with Crippen molar-refractivity contribution in [2.75, 3.05) is 19.1 Å². The van der Waals surface area contributed by atoms with Crippen LogP contribution in [0.5, 0.6) is 0 Å². The molecular formula is C15H18ClN3O3S. The maximum absolute atomic E-state index is 11.0. The van der Waals surface area contributed by atoms with Crippen LogP contribution >= 0.6 is 22.9 Å². The van der Waals surface area contributed by atoms with Gasteiger partial charge in [-0.3, -0.25) is 10.1 Å². The van der Waals surface area contributed by atoms with Gasteiger partial charge in [-0.15, -0.1) is 11.3 Å². The number of rotatable bonds is 6. The third-order valence-corrected chi connectivity index (χ3v) is 4.90. The fourth-order valence-electron chi connectivity index (χ4n) is 2.16. The smallest absolute Gasteiger partial charge is 0.273 e. The molecule has 23 heavy (non-hydrogen) atoms. The van der Waals surface area contributed by atoms with Crippen molar-refractivity contribution in [2.45, 2.75) is 26.5 Å². The molecule has 0 saturated carbocycles. The SMILES string of the molecule is COC(C)c1nc(CN(C)c2cc(C)c([N+](=O)[O-])cc2Cl)cs1. The highest BCUT2D eigenvalue weighted by atomic mass is 35.5. The third-order valence-electron chi connectivity index (χ3n) is 3.54. The second-order valence-corrected chi connectivity index (χ2v) is 6.56. The molecule has 0 spiro atoms. The molecule has 0 bridgehead atoms. The Kier molecular flexibility index (Phi) is 5.56. The van der Waals surface area contributed by atoms with Gasteiger partial charge in [0.05, 0.1) is 27.9 Å². The van der Waals surface area contributed by atoms with Crippen LogP contribution in [0, 0.1) is 17.0 Å². The van der Waals surface area contributed by atoms with E-state index >= 15 is 0 Å². The Labute approximate surface area is 143 Å². The average Bonchev–Trinajstić information content (AvgIpc) is 2.96. The molecule has 0 fully saturated rings. The summed E-state index contributed by atoms with van der Waals surface area (Å²) < 4.78 is 5.26. The summed E-state index contributed by atoms with van der Waals surface area (Å²) in [6.07, 6.45) is -0.0377. The summed E-state index contributed by atoms with van der Waals surface area (Å²) >= 11 is 7.75. The second kappa shape index (κ2) is 7.25. The molecule has 0 amide bonds. The Hall–Kier alpha value is -1.70. The van der Waals surface area contributed by atoms with Crippen LogP contribution in [-0.4, -0.2) is 24.1 Å². The van der Waals surface area contributed by atoms with E-state index in [9.17, 15) is 10.1 Å². The zero-order valence-electron chi connectivity index (χ0n) is 13.4.